The largest absolute Gasteiger partial charge is 0.370 e. The van der Waals surface area contributed by atoms with Gasteiger partial charge in [-0.2, -0.15) is 0 Å². The molecule has 0 aliphatic carbocycles. The maximum Gasteiger partial charge on any atom is 0.0372 e. The first-order valence-corrected chi connectivity index (χ1v) is 9.28. The highest BCUT2D eigenvalue weighted by Gasteiger charge is 2.04. The van der Waals surface area contributed by atoms with E-state index < -0.39 is 0 Å². The summed E-state index contributed by atoms with van der Waals surface area (Å²) in [5.41, 5.74) is 3.72. The average molecular weight is 409 g/mol. The Balaban J connectivity index is 2.15. The maximum atomic E-state index is 3.53. The molecular weight excluding hydrogens is 390 g/mol. The van der Waals surface area contributed by atoms with E-state index in [1.165, 1.54) is 16.8 Å². The second kappa shape index (κ2) is 9.06. The van der Waals surface area contributed by atoms with Crippen molar-refractivity contribution in [2.45, 2.75) is 0 Å². The van der Waals surface area contributed by atoms with Gasteiger partial charge in [-0.25, -0.2) is 0 Å². The highest BCUT2D eigenvalue weighted by atomic mass is 79.9. The zero-order chi connectivity index (χ0) is 14.9. The van der Waals surface area contributed by atoms with E-state index in [2.05, 4.69) is 97.4 Å². The van der Waals surface area contributed by atoms with E-state index in [0.717, 1.165) is 23.7 Å². The van der Waals surface area contributed by atoms with E-state index in [0.29, 0.717) is 0 Å². The van der Waals surface area contributed by atoms with Crippen molar-refractivity contribution in [2.75, 3.05) is 28.6 Å². The van der Waals surface area contributed by atoms with Gasteiger partial charge in [-0.1, -0.05) is 86.5 Å². The molecule has 0 saturated heterocycles. The molecule has 0 unspecified atom stereocenters. The normalized spacial score (nSPS) is 11.0. The van der Waals surface area contributed by atoms with Crippen LogP contribution in [0.15, 0.2) is 54.6 Å². The molecule has 0 aliphatic heterocycles. The van der Waals surface area contributed by atoms with Crippen LogP contribution in [0.3, 0.4) is 0 Å². The van der Waals surface area contributed by atoms with Crippen LogP contribution in [0.5, 0.6) is 0 Å². The average Bonchev–Trinajstić information content (AvgIpc) is 2.54. The summed E-state index contributed by atoms with van der Waals surface area (Å²) in [6, 6.07) is 19.1. The zero-order valence-corrected chi connectivity index (χ0v) is 15.1. The number of hydrogen-bond acceptors (Lipinski definition) is 1. The third kappa shape index (κ3) is 5.33. The fraction of sp³-hybridized carbons (Fsp3) is 0.222. The lowest BCUT2D eigenvalue weighted by Gasteiger charge is -2.23. The number of hydrogen-bond donors (Lipinski definition) is 0. The fourth-order valence-electron chi connectivity index (χ4n) is 2.16. The van der Waals surface area contributed by atoms with Crippen LogP contribution in [0.1, 0.15) is 11.1 Å². The molecule has 2 rings (SSSR count). The van der Waals surface area contributed by atoms with Crippen molar-refractivity contribution in [1.82, 2.24) is 0 Å². The molecule has 0 radical (unpaired) electrons. The number of benzene rings is 2. The number of alkyl halides is 2. The SMILES string of the molecule is BrCCN(CCBr)c1cccc(/C=C/c2ccccc2)c1. The molecule has 0 saturated carbocycles. The molecule has 2 aromatic carbocycles. The van der Waals surface area contributed by atoms with E-state index in [9.17, 15) is 0 Å². The molecule has 3 heteroatoms. The topological polar surface area (TPSA) is 3.24 Å². The van der Waals surface area contributed by atoms with E-state index in [1.807, 2.05) is 6.07 Å². The molecule has 0 aliphatic rings. The number of rotatable bonds is 7. The predicted octanol–water partition coefficient (Wildman–Crippen LogP) is 5.45. The lowest BCUT2D eigenvalue weighted by molar-refractivity contribution is 0.885. The van der Waals surface area contributed by atoms with Crippen molar-refractivity contribution < 1.29 is 0 Å². The van der Waals surface area contributed by atoms with Gasteiger partial charge in [0.05, 0.1) is 0 Å². The molecular formula is C18H19Br2N. The molecule has 21 heavy (non-hydrogen) atoms. The van der Waals surface area contributed by atoms with Crippen LogP contribution in [0.25, 0.3) is 12.2 Å². The van der Waals surface area contributed by atoms with Crippen LogP contribution in [0.4, 0.5) is 5.69 Å². The van der Waals surface area contributed by atoms with Crippen molar-refractivity contribution in [3.63, 3.8) is 0 Å². The van der Waals surface area contributed by atoms with Crippen LogP contribution in [0.2, 0.25) is 0 Å². The molecule has 0 N–H and O–H groups in total. The van der Waals surface area contributed by atoms with Crippen LogP contribution < -0.4 is 4.90 Å². The molecule has 0 atom stereocenters. The van der Waals surface area contributed by atoms with Gasteiger partial charge in [-0.15, -0.1) is 0 Å². The first kappa shape index (κ1) is 16.3. The summed E-state index contributed by atoms with van der Waals surface area (Å²) in [5.74, 6) is 0. The standard InChI is InChI=1S/C18H19Br2N/c19-11-13-21(14-12-20)18-8-4-7-17(15-18)10-9-16-5-2-1-3-6-16/h1-10,15H,11-14H2/b10-9+. The lowest BCUT2D eigenvalue weighted by Crippen LogP contribution is -2.27. The first-order valence-electron chi connectivity index (χ1n) is 7.03. The second-order valence-corrected chi connectivity index (χ2v) is 6.29. The van der Waals surface area contributed by atoms with Gasteiger partial charge in [0.2, 0.25) is 0 Å². The number of nitrogens with zero attached hydrogens (tertiary/aromatic N) is 1. The van der Waals surface area contributed by atoms with Gasteiger partial charge >= 0.3 is 0 Å². The second-order valence-electron chi connectivity index (χ2n) is 4.70. The monoisotopic (exact) mass is 407 g/mol. The van der Waals surface area contributed by atoms with E-state index in [-0.39, 0.29) is 0 Å². The summed E-state index contributed by atoms with van der Waals surface area (Å²) in [6.45, 7) is 2.02. The third-order valence-electron chi connectivity index (χ3n) is 3.21. The molecule has 1 nitrogen and oxygen atoms in total. The fourth-order valence-corrected chi connectivity index (χ4v) is 3.01. The Labute approximate surface area is 143 Å². The molecule has 0 heterocycles. The molecule has 110 valence electrons. The van der Waals surface area contributed by atoms with Gasteiger partial charge < -0.3 is 4.90 Å². The Kier molecular flexibility index (Phi) is 7.04. The third-order valence-corrected chi connectivity index (χ3v) is 3.92. The van der Waals surface area contributed by atoms with Crippen molar-refractivity contribution in [1.29, 1.82) is 0 Å². The van der Waals surface area contributed by atoms with Crippen LogP contribution in [-0.4, -0.2) is 23.7 Å². The highest BCUT2D eigenvalue weighted by Crippen LogP contribution is 2.18. The minimum absolute atomic E-state index is 0.976. The van der Waals surface area contributed by atoms with Crippen molar-refractivity contribution in [3.8, 4) is 0 Å². The summed E-state index contributed by atoms with van der Waals surface area (Å²) in [6.07, 6.45) is 4.32. The summed E-state index contributed by atoms with van der Waals surface area (Å²) >= 11 is 7.05. The van der Waals surface area contributed by atoms with Crippen molar-refractivity contribution in [2.24, 2.45) is 0 Å². The van der Waals surface area contributed by atoms with Gasteiger partial charge in [0.1, 0.15) is 0 Å². The van der Waals surface area contributed by atoms with Crippen molar-refractivity contribution in [3.05, 3.63) is 65.7 Å². The van der Waals surface area contributed by atoms with E-state index in [4.69, 9.17) is 0 Å². The zero-order valence-electron chi connectivity index (χ0n) is 11.9. The Morgan fingerprint density at radius 2 is 1.38 bits per heavy atom. The van der Waals surface area contributed by atoms with Gasteiger partial charge in [0.15, 0.2) is 0 Å². The Morgan fingerprint density at radius 3 is 2.05 bits per heavy atom. The molecule has 0 fully saturated rings. The Hall–Kier alpha value is -1.06. The lowest BCUT2D eigenvalue weighted by atomic mass is 10.1. The van der Waals surface area contributed by atoms with Crippen LogP contribution >= 0.6 is 31.9 Å². The smallest absolute Gasteiger partial charge is 0.0372 e. The number of halogens is 2. The molecule has 0 amide bonds. The predicted molar refractivity (Wildman–Crippen MR) is 102 cm³/mol. The summed E-state index contributed by atoms with van der Waals surface area (Å²) < 4.78 is 0. The summed E-state index contributed by atoms with van der Waals surface area (Å²) in [4.78, 5) is 2.38. The number of anilines is 1. The first-order chi connectivity index (χ1) is 10.3. The molecule has 0 aromatic heterocycles. The Bertz CT molecular complexity index is 560. The maximum absolute atomic E-state index is 3.53. The van der Waals surface area contributed by atoms with E-state index in [1.54, 1.807) is 0 Å². The molecule has 0 bridgehead atoms. The van der Waals surface area contributed by atoms with Crippen molar-refractivity contribution >= 4 is 49.7 Å². The van der Waals surface area contributed by atoms with Crippen LogP contribution in [-0.2, 0) is 0 Å². The summed E-state index contributed by atoms with van der Waals surface area (Å²) in [5, 5.41) is 1.95. The van der Waals surface area contributed by atoms with Gasteiger partial charge in [-0.05, 0) is 23.3 Å². The quantitative estimate of drug-likeness (QED) is 0.434. The highest BCUT2D eigenvalue weighted by molar-refractivity contribution is 9.09. The molecule has 0 spiro atoms. The summed E-state index contributed by atoms with van der Waals surface area (Å²) in [7, 11) is 0. The molecule has 2 aromatic rings. The van der Waals surface area contributed by atoms with Gasteiger partial charge in [-0.3, -0.25) is 0 Å². The minimum atomic E-state index is 0.976. The van der Waals surface area contributed by atoms with Gasteiger partial charge in [0, 0.05) is 29.4 Å². The van der Waals surface area contributed by atoms with E-state index >= 15 is 0 Å². The van der Waals surface area contributed by atoms with Crippen LogP contribution in [0, 0.1) is 0 Å². The van der Waals surface area contributed by atoms with Gasteiger partial charge in [0.25, 0.3) is 0 Å². The minimum Gasteiger partial charge on any atom is -0.370 e. The Morgan fingerprint density at radius 1 is 0.762 bits per heavy atom.